The van der Waals surface area contributed by atoms with Crippen molar-refractivity contribution in [3.63, 3.8) is 0 Å². The minimum absolute atomic E-state index is 0.111. The van der Waals surface area contributed by atoms with Crippen molar-refractivity contribution in [1.29, 1.82) is 0 Å². The molecule has 1 aromatic heterocycles. The van der Waals surface area contributed by atoms with Gasteiger partial charge < -0.3 is 14.6 Å². The predicted molar refractivity (Wildman–Crippen MR) is 87.6 cm³/mol. The Kier molecular flexibility index (Phi) is 3.08. The number of aromatic nitrogens is 2. The molecule has 2 heterocycles. The van der Waals surface area contributed by atoms with Gasteiger partial charge in [0.1, 0.15) is 12.4 Å². The molecule has 0 aliphatic carbocycles. The normalized spacial score (nSPS) is 16.2. The van der Waals surface area contributed by atoms with E-state index in [0.29, 0.717) is 12.2 Å². The van der Waals surface area contributed by atoms with E-state index in [0.717, 1.165) is 27.9 Å². The maximum absolute atomic E-state index is 12.5. The van der Waals surface area contributed by atoms with Gasteiger partial charge in [0.25, 0.3) is 5.91 Å². The number of hydrogen-bond donors (Lipinski definition) is 1. The largest absolute Gasteiger partial charge is 0.491 e. The van der Waals surface area contributed by atoms with E-state index >= 15 is 0 Å². The number of fused-ring (bicyclic) bond motifs is 2. The molecule has 1 atom stereocenters. The zero-order valence-electron chi connectivity index (χ0n) is 13.0. The first-order chi connectivity index (χ1) is 11.1. The van der Waals surface area contributed by atoms with Crippen LogP contribution in [-0.4, -0.2) is 22.1 Å². The van der Waals surface area contributed by atoms with Gasteiger partial charge in [0, 0.05) is 18.2 Å². The maximum atomic E-state index is 12.5. The standard InChI is InChI=1S/C18H17N3O2/c1-11-3-6-17-13(7-11)15(9-23-17)20-18(22)12-4-5-16-14(8-12)19-10-21(16)2/h3-8,10,15H,9H2,1-2H3,(H,20,22). The summed E-state index contributed by atoms with van der Waals surface area (Å²) in [6.45, 7) is 2.50. The zero-order chi connectivity index (χ0) is 16.0. The van der Waals surface area contributed by atoms with Crippen molar-refractivity contribution in [2.45, 2.75) is 13.0 Å². The monoisotopic (exact) mass is 307 g/mol. The molecule has 2 aromatic carbocycles. The lowest BCUT2D eigenvalue weighted by atomic mass is 10.1. The van der Waals surface area contributed by atoms with E-state index in [2.05, 4.69) is 16.4 Å². The molecule has 3 aromatic rings. The molecule has 0 fully saturated rings. The molecule has 0 saturated carbocycles. The molecule has 5 heteroatoms. The van der Waals surface area contributed by atoms with Crippen molar-refractivity contribution in [3.05, 3.63) is 59.4 Å². The van der Waals surface area contributed by atoms with E-state index in [1.165, 1.54) is 0 Å². The van der Waals surface area contributed by atoms with Gasteiger partial charge in [-0.3, -0.25) is 4.79 Å². The summed E-state index contributed by atoms with van der Waals surface area (Å²) in [4.78, 5) is 16.8. The van der Waals surface area contributed by atoms with Gasteiger partial charge in [0.05, 0.1) is 23.4 Å². The topological polar surface area (TPSA) is 56.2 Å². The Hall–Kier alpha value is -2.82. The molecule has 0 radical (unpaired) electrons. The highest BCUT2D eigenvalue weighted by atomic mass is 16.5. The number of hydrogen-bond acceptors (Lipinski definition) is 3. The Morgan fingerprint density at radius 2 is 2.17 bits per heavy atom. The number of ether oxygens (including phenoxy) is 1. The zero-order valence-corrected chi connectivity index (χ0v) is 13.0. The quantitative estimate of drug-likeness (QED) is 0.792. The van der Waals surface area contributed by atoms with Gasteiger partial charge in [-0.25, -0.2) is 4.98 Å². The van der Waals surface area contributed by atoms with Crippen LogP contribution in [0.2, 0.25) is 0 Å². The lowest BCUT2D eigenvalue weighted by molar-refractivity contribution is 0.0930. The first-order valence-corrected chi connectivity index (χ1v) is 7.57. The van der Waals surface area contributed by atoms with Crippen LogP contribution in [0.25, 0.3) is 11.0 Å². The van der Waals surface area contributed by atoms with Crippen molar-refractivity contribution in [2.24, 2.45) is 7.05 Å². The maximum Gasteiger partial charge on any atom is 0.251 e. The fourth-order valence-corrected chi connectivity index (χ4v) is 2.97. The smallest absolute Gasteiger partial charge is 0.251 e. The molecular formula is C18H17N3O2. The summed E-state index contributed by atoms with van der Waals surface area (Å²) in [6, 6.07) is 11.5. The minimum atomic E-state index is -0.114. The molecule has 23 heavy (non-hydrogen) atoms. The van der Waals surface area contributed by atoms with Crippen LogP contribution >= 0.6 is 0 Å². The van der Waals surface area contributed by atoms with Crippen molar-refractivity contribution in [3.8, 4) is 5.75 Å². The average Bonchev–Trinajstić information content (AvgIpc) is 3.11. The Bertz CT molecular complexity index is 914. The fourth-order valence-electron chi connectivity index (χ4n) is 2.97. The van der Waals surface area contributed by atoms with Crippen molar-refractivity contribution in [1.82, 2.24) is 14.9 Å². The van der Waals surface area contributed by atoms with Crippen molar-refractivity contribution < 1.29 is 9.53 Å². The summed E-state index contributed by atoms with van der Waals surface area (Å²) in [5.74, 6) is 0.738. The summed E-state index contributed by atoms with van der Waals surface area (Å²) in [5, 5.41) is 3.05. The number of rotatable bonds is 2. The highest BCUT2D eigenvalue weighted by Crippen LogP contribution is 2.33. The van der Waals surface area contributed by atoms with Crippen LogP contribution in [0.3, 0.4) is 0 Å². The van der Waals surface area contributed by atoms with E-state index in [1.54, 1.807) is 6.33 Å². The second-order valence-electron chi connectivity index (χ2n) is 5.94. The molecule has 1 N–H and O–H groups in total. The molecule has 0 saturated heterocycles. The fraction of sp³-hybridized carbons (Fsp3) is 0.222. The van der Waals surface area contributed by atoms with E-state index < -0.39 is 0 Å². The first kappa shape index (κ1) is 13.8. The molecule has 1 unspecified atom stereocenters. The minimum Gasteiger partial charge on any atom is -0.491 e. The number of imidazole rings is 1. The van der Waals surface area contributed by atoms with Gasteiger partial charge in [-0.2, -0.15) is 0 Å². The lowest BCUT2D eigenvalue weighted by Gasteiger charge is -2.12. The highest BCUT2D eigenvalue weighted by molar-refractivity contribution is 5.97. The second kappa shape index (κ2) is 5.12. The second-order valence-corrected chi connectivity index (χ2v) is 5.94. The van der Waals surface area contributed by atoms with Gasteiger partial charge in [-0.05, 0) is 31.2 Å². The SMILES string of the molecule is Cc1ccc2c(c1)C(NC(=O)c1ccc3c(c1)ncn3C)CO2. The molecule has 1 amide bonds. The van der Waals surface area contributed by atoms with Crippen LogP contribution in [0.5, 0.6) is 5.75 Å². The number of carbonyl (C=O) groups excluding carboxylic acids is 1. The first-order valence-electron chi connectivity index (χ1n) is 7.57. The van der Waals surface area contributed by atoms with E-state index in [1.807, 2.05) is 48.9 Å². The summed E-state index contributed by atoms with van der Waals surface area (Å²) in [7, 11) is 1.93. The molecule has 116 valence electrons. The summed E-state index contributed by atoms with van der Waals surface area (Å²) >= 11 is 0. The number of amides is 1. The van der Waals surface area contributed by atoms with Crippen LogP contribution in [0.15, 0.2) is 42.7 Å². The van der Waals surface area contributed by atoms with E-state index in [4.69, 9.17) is 4.74 Å². The summed E-state index contributed by atoms with van der Waals surface area (Å²) < 4.78 is 7.58. The van der Waals surface area contributed by atoms with Gasteiger partial charge in [0.15, 0.2) is 0 Å². The third-order valence-electron chi connectivity index (χ3n) is 4.24. The summed E-state index contributed by atoms with van der Waals surface area (Å²) in [5.41, 5.74) is 4.63. The van der Waals surface area contributed by atoms with Crippen molar-refractivity contribution >= 4 is 16.9 Å². The highest BCUT2D eigenvalue weighted by Gasteiger charge is 2.26. The Morgan fingerprint density at radius 1 is 1.30 bits per heavy atom. The Morgan fingerprint density at radius 3 is 3.04 bits per heavy atom. The van der Waals surface area contributed by atoms with E-state index in [-0.39, 0.29) is 11.9 Å². The Balaban J connectivity index is 1.59. The van der Waals surface area contributed by atoms with Crippen LogP contribution in [0.4, 0.5) is 0 Å². The van der Waals surface area contributed by atoms with Gasteiger partial charge in [-0.15, -0.1) is 0 Å². The van der Waals surface area contributed by atoms with Crippen LogP contribution in [0.1, 0.15) is 27.5 Å². The van der Waals surface area contributed by atoms with E-state index in [9.17, 15) is 4.79 Å². The van der Waals surface area contributed by atoms with Gasteiger partial charge >= 0.3 is 0 Å². The number of nitrogens with one attached hydrogen (secondary N) is 1. The predicted octanol–water partition coefficient (Wildman–Crippen LogP) is 2.75. The molecule has 0 spiro atoms. The Labute approximate surface area is 133 Å². The number of carbonyl (C=O) groups is 1. The number of aryl methyl sites for hydroxylation is 2. The number of benzene rings is 2. The lowest BCUT2D eigenvalue weighted by Crippen LogP contribution is -2.29. The molecular weight excluding hydrogens is 290 g/mol. The van der Waals surface area contributed by atoms with Gasteiger partial charge in [0.2, 0.25) is 0 Å². The third-order valence-corrected chi connectivity index (χ3v) is 4.24. The molecule has 1 aliphatic rings. The van der Waals surface area contributed by atoms with Crippen LogP contribution < -0.4 is 10.1 Å². The van der Waals surface area contributed by atoms with Gasteiger partial charge in [-0.1, -0.05) is 17.7 Å². The number of nitrogens with zero attached hydrogens (tertiary/aromatic N) is 2. The average molecular weight is 307 g/mol. The van der Waals surface area contributed by atoms with Crippen LogP contribution in [0, 0.1) is 6.92 Å². The molecule has 5 nitrogen and oxygen atoms in total. The summed E-state index contributed by atoms with van der Waals surface area (Å²) in [6.07, 6.45) is 1.75. The molecule has 0 bridgehead atoms. The molecule has 4 rings (SSSR count). The van der Waals surface area contributed by atoms with Crippen molar-refractivity contribution in [2.75, 3.05) is 6.61 Å². The third kappa shape index (κ3) is 2.34. The molecule has 1 aliphatic heterocycles. The van der Waals surface area contributed by atoms with Crippen LogP contribution in [-0.2, 0) is 7.05 Å².